The standard InChI is InChI=1S/C23H24N2O4S/c1-4-25(18-10-6-5-7-11-18)23(26)19-12-8-9-13-20(19)24-30(27,28)22-15-14-17(2)16-21(22)29-3/h5-16,24H,4H2,1-3H3. The highest BCUT2D eigenvalue weighted by atomic mass is 32.2. The molecule has 0 aliphatic heterocycles. The van der Waals surface area contributed by atoms with Gasteiger partial charge >= 0.3 is 0 Å². The average molecular weight is 425 g/mol. The fraction of sp³-hybridized carbons (Fsp3) is 0.174. The van der Waals surface area contributed by atoms with Gasteiger partial charge < -0.3 is 9.64 Å². The smallest absolute Gasteiger partial charge is 0.265 e. The second-order valence-corrected chi connectivity index (χ2v) is 8.34. The quantitative estimate of drug-likeness (QED) is 0.607. The Bertz CT molecular complexity index is 1140. The summed E-state index contributed by atoms with van der Waals surface area (Å²) < 4.78 is 33.9. The minimum atomic E-state index is -3.97. The van der Waals surface area contributed by atoms with E-state index in [-0.39, 0.29) is 27.8 Å². The molecule has 0 aromatic heterocycles. The molecule has 0 heterocycles. The highest BCUT2D eigenvalue weighted by Crippen LogP contribution is 2.29. The monoisotopic (exact) mass is 424 g/mol. The summed E-state index contributed by atoms with van der Waals surface area (Å²) in [7, 11) is -2.55. The van der Waals surface area contributed by atoms with Crippen molar-refractivity contribution < 1.29 is 17.9 Å². The third-order valence-electron chi connectivity index (χ3n) is 4.64. The van der Waals surface area contributed by atoms with E-state index in [2.05, 4.69) is 4.72 Å². The van der Waals surface area contributed by atoms with Gasteiger partial charge in [-0.3, -0.25) is 9.52 Å². The molecule has 0 saturated carbocycles. The van der Waals surface area contributed by atoms with E-state index in [4.69, 9.17) is 4.74 Å². The van der Waals surface area contributed by atoms with Crippen LogP contribution in [0.15, 0.2) is 77.7 Å². The number of hydrogen-bond acceptors (Lipinski definition) is 4. The first-order valence-corrected chi connectivity index (χ1v) is 11.0. The number of amides is 1. The molecule has 0 spiro atoms. The van der Waals surface area contributed by atoms with Gasteiger partial charge in [0.25, 0.3) is 15.9 Å². The number of carbonyl (C=O) groups excluding carboxylic acids is 1. The van der Waals surface area contributed by atoms with Crippen molar-refractivity contribution in [1.82, 2.24) is 0 Å². The predicted molar refractivity (Wildman–Crippen MR) is 119 cm³/mol. The fourth-order valence-electron chi connectivity index (χ4n) is 3.15. The minimum Gasteiger partial charge on any atom is -0.495 e. The fourth-order valence-corrected chi connectivity index (χ4v) is 4.38. The number of methoxy groups -OCH3 is 1. The van der Waals surface area contributed by atoms with Gasteiger partial charge in [-0.15, -0.1) is 0 Å². The number of para-hydroxylation sites is 2. The molecule has 0 bridgehead atoms. The summed E-state index contributed by atoms with van der Waals surface area (Å²) in [6, 6.07) is 20.7. The molecular formula is C23H24N2O4S. The zero-order valence-electron chi connectivity index (χ0n) is 17.1. The largest absolute Gasteiger partial charge is 0.495 e. The number of carbonyl (C=O) groups is 1. The molecule has 156 valence electrons. The molecule has 0 fully saturated rings. The summed E-state index contributed by atoms with van der Waals surface area (Å²) >= 11 is 0. The summed E-state index contributed by atoms with van der Waals surface area (Å²) in [5.41, 5.74) is 2.09. The van der Waals surface area contributed by atoms with Gasteiger partial charge in [0.2, 0.25) is 0 Å². The second kappa shape index (κ2) is 9.00. The SMILES string of the molecule is CCN(C(=O)c1ccccc1NS(=O)(=O)c1ccc(C)cc1OC)c1ccccc1. The lowest BCUT2D eigenvalue weighted by atomic mass is 10.1. The number of hydrogen-bond donors (Lipinski definition) is 1. The molecule has 0 radical (unpaired) electrons. The van der Waals surface area contributed by atoms with Crippen LogP contribution in [0.2, 0.25) is 0 Å². The number of nitrogens with one attached hydrogen (secondary N) is 1. The average Bonchev–Trinajstić information content (AvgIpc) is 2.74. The molecule has 1 N–H and O–H groups in total. The maximum atomic E-state index is 13.3. The van der Waals surface area contributed by atoms with Crippen LogP contribution < -0.4 is 14.4 Å². The van der Waals surface area contributed by atoms with Crippen molar-refractivity contribution in [1.29, 1.82) is 0 Å². The lowest BCUT2D eigenvalue weighted by molar-refractivity contribution is 0.0989. The first-order chi connectivity index (χ1) is 14.4. The second-order valence-electron chi connectivity index (χ2n) is 6.69. The number of nitrogens with zero attached hydrogens (tertiary/aromatic N) is 1. The molecule has 3 rings (SSSR count). The van der Waals surface area contributed by atoms with Crippen molar-refractivity contribution in [2.24, 2.45) is 0 Å². The Balaban J connectivity index is 1.99. The van der Waals surface area contributed by atoms with Crippen LogP contribution in [0.25, 0.3) is 0 Å². The van der Waals surface area contributed by atoms with Gasteiger partial charge in [0.15, 0.2) is 0 Å². The van der Waals surface area contributed by atoms with Crippen LogP contribution in [0.4, 0.5) is 11.4 Å². The molecular weight excluding hydrogens is 400 g/mol. The normalized spacial score (nSPS) is 11.0. The van der Waals surface area contributed by atoms with Crippen LogP contribution in [-0.4, -0.2) is 28.0 Å². The Hall–Kier alpha value is -3.32. The molecule has 3 aromatic rings. The van der Waals surface area contributed by atoms with E-state index in [0.717, 1.165) is 11.3 Å². The van der Waals surface area contributed by atoms with Gasteiger partial charge in [-0.05, 0) is 55.8 Å². The van der Waals surface area contributed by atoms with Crippen molar-refractivity contribution in [2.45, 2.75) is 18.7 Å². The summed E-state index contributed by atoms with van der Waals surface area (Å²) in [6.45, 7) is 4.16. The molecule has 0 aliphatic carbocycles. The Morgan fingerprint density at radius 2 is 1.67 bits per heavy atom. The number of benzene rings is 3. The zero-order chi connectivity index (χ0) is 21.7. The van der Waals surface area contributed by atoms with E-state index in [0.29, 0.717) is 6.54 Å². The third-order valence-corrected chi connectivity index (χ3v) is 6.04. The van der Waals surface area contributed by atoms with E-state index >= 15 is 0 Å². The number of anilines is 2. The van der Waals surface area contributed by atoms with Crippen molar-refractivity contribution in [3.63, 3.8) is 0 Å². The molecule has 6 nitrogen and oxygen atoms in total. The highest BCUT2D eigenvalue weighted by Gasteiger charge is 2.24. The molecule has 30 heavy (non-hydrogen) atoms. The number of sulfonamides is 1. The van der Waals surface area contributed by atoms with Crippen LogP contribution in [-0.2, 0) is 10.0 Å². The summed E-state index contributed by atoms with van der Waals surface area (Å²) in [4.78, 5) is 14.9. The topological polar surface area (TPSA) is 75.7 Å². The van der Waals surface area contributed by atoms with Crippen LogP contribution in [0, 0.1) is 6.92 Å². The van der Waals surface area contributed by atoms with E-state index in [1.165, 1.54) is 13.2 Å². The summed E-state index contributed by atoms with van der Waals surface area (Å²) in [5.74, 6) is -0.0522. The van der Waals surface area contributed by atoms with Crippen molar-refractivity contribution in [2.75, 3.05) is 23.3 Å². The van der Waals surface area contributed by atoms with Crippen molar-refractivity contribution in [3.8, 4) is 5.75 Å². The van der Waals surface area contributed by atoms with Gasteiger partial charge in [-0.25, -0.2) is 8.42 Å². The van der Waals surface area contributed by atoms with Gasteiger partial charge in [-0.1, -0.05) is 36.4 Å². The molecule has 0 unspecified atom stereocenters. The Kier molecular flexibility index (Phi) is 6.42. The number of ether oxygens (including phenoxy) is 1. The Labute approximate surface area is 177 Å². The number of rotatable bonds is 7. The van der Waals surface area contributed by atoms with Gasteiger partial charge in [0, 0.05) is 12.2 Å². The highest BCUT2D eigenvalue weighted by molar-refractivity contribution is 7.92. The first kappa shape index (κ1) is 21.4. The summed E-state index contributed by atoms with van der Waals surface area (Å²) in [6.07, 6.45) is 0. The lowest BCUT2D eigenvalue weighted by Crippen LogP contribution is -2.31. The van der Waals surface area contributed by atoms with Gasteiger partial charge in [0.1, 0.15) is 10.6 Å². The van der Waals surface area contributed by atoms with Crippen LogP contribution in [0.3, 0.4) is 0 Å². The van der Waals surface area contributed by atoms with Crippen LogP contribution in [0.5, 0.6) is 5.75 Å². The molecule has 7 heteroatoms. The van der Waals surface area contributed by atoms with E-state index in [1.54, 1.807) is 41.3 Å². The van der Waals surface area contributed by atoms with Crippen LogP contribution in [0.1, 0.15) is 22.8 Å². The first-order valence-electron chi connectivity index (χ1n) is 9.50. The van der Waals surface area contributed by atoms with E-state index in [1.807, 2.05) is 44.2 Å². The number of aryl methyl sites for hydroxylation is 1. The predicted octanol–water partition coefficient (Wildman–Crippen LogP) is 4.47. The van der Waals surface area contributed by atoms with Crippen molar-refractivity contribution in [3.05, 3.63) is 83.9 Å². The van der Waals surface area contributed by atoms with Crippen LogP contribution >= 0.6 is 0 Å². The van der Waals surface area contributed by atoms with Crippen molar-refractivity contribution >= 4 is 27.3 Å². The lowest BCUT2D eigenvalue weighted by Gasteiger charge is -2.23. The molecule has 1 amide bonds. The molecule has 0 saturated heterocycles. The minimum absolute atomic E-state index is 0.00765. The molecule has 3 aromatic carbocycles. The third kappa shape index (κ3) is 4.46. The molecule has 0 aliphatic rings. The van der Waals surface area contributed by atoms with Gasteiger partial charge in [-0.2, -0.15) is 0 Å². The Morgan fingerprint density at radius 3 is 2.33 bits per heavy atom. The molecule has 0 atom stereocenters. The Morgan fingerprint density at radius 1 is 1.00 bits per heavy atom. The maximum absolute atomic E-state index is 13.3. The zero-order valence-corrected chi connectivity index (χ0v) is 17.9. The maximum Gasteiger partial charge on any atom is 0.265 e. The van der Waals surface area contributed by atoms with E-state index in [9.17, 15) is 13.2 Å². The summed E-state index contributed by atoms with van der Waals surface area (Å²) in [5, 5.41) is 0. The van der Waals surface area contributed by atoms with E-state index < -0.39 is 10.0 Å². The van der Waals surface area contributed by atoms with Gasteiger partial charge in [0.05, 0.1) is 18.4 Å².